The first kappa shape index (κ1) is 40.7. The van der Waals surface area contributed by atoms with Gasteiger partial charge in [0.05, 0.1) is 0 Å². The van der Waals surface area contributed by atoms with Crippen molar-refractivity contribution in [1.82, 2.24) is 9.97 Å². The molecular formula is C36H38Cl2F6N2O2. The van der Waals surface area contributed by atoms with Gasteiger partial charge in [-0.1, -0.05) is 87.3 Å². The maximum atomic E-state index is 13.6. The van der Waals surface area contributed by atoms with Crippen molar-refractivity contribution in [2.45, 2.75) is 82.7 Å². The quantitative estimate of drug-likeness (QED) is 0.185. The molecule has 4 aromatic rings. The first-order valence-electron chi connectivity index (χ1n) is 14.7. The third kappa shape index (κ3) is 12.9. The van der Waals surface area contributed by atoms with Crippen LogP contribution in [0.4, 0.5) is 26.3 Å². The molecule has 1 atom stereocenters. The van der Waals surface area contributed by atoms with E-state index in [2.05, 4.69) is 9.97 Å². The van der Waals surface area contributed by atoms with Gasteiger partial charge in [-0.15, -0.1) is 0 Å². The molecule has 0 saturated heterocycles. The van der Waals surface area contributed by atoms with Gasteiger partial charge in [0.2, 0.25) is 5.78 Å². The van der Waals surface area contributed by atoms with Crippen LogP contribution in [0.5, 0.6) is 0 Å². The lowest BCUT2D eigenvalue weighted by Crippen LogP contribution is -2.51. The van der Waals surface area contributed by atoms with Gasteiger partial charge < -0.3 is 5.11 Å². The molecule has 12 heteroatoms. The van der Waals surface area contributed by atoms with Crippen LogP contribution in [-0.2, 0) is 22.0 Å². The third-order valence-electron chi connectivity index (χ3n) is 7.44. The number of nitrogens with zero attached hydrogens (tertiary/aromatic N) is 2. The SMILES string of the molecule is CC(C)(CC(=O)C(F)(F)F)c1ccc(Cl)cc1.CC(C)(CC(O)(Cc1ccccn1)C(F)(F)F)c1ccc(Cl)cc1.Cc1ccccn1. The number of alkyl halides is 6. The van der Waals surface area contributed by atoms with E-state index in [-0.39, 0.29) is 5.69 Å². The lowest BCUT2D eigenvalue weighted by molar-refractivity contribution is -0.266. The van der Waals surface area contributed by atoms with Gasteiger partial charge in [0, 0.05) is 46.7 Å². The number of hydrogen-bond donors (Lipinski definition) is 1. The van der Waals surface area contributed by atoms with E-state index in [0.717, 1.165) is 5.69 Å². The van der Waals surface area contributed by atoms with E-state index < -0.39 is 53.8 Å². The predicted molar refractivity (Wildman–Crippen MR) is 177 cm³/mol. The van der Waals surface area contributed by atoms with Crippen molar-refractivity contribution in [3.8, 4) is 0 Å². The number of carbonyl (C=O) groups is 1. The molecule has 0 radical (unpaired) electrons. The van der Waals surface area contributed by atoms with Gasteiger partial charge in [-0.25, -0.2) is 0 Å². The number of aliphatic hydroxyl groups is 1. The highest BCUT2D eigenvalue weighted by molar-refractivity contribution is 6.30. The van der Waals surface area contributed by atoms with Gasteiger partial charge in [-0.2, -0.15) is 26.3 Å². The van der Waals surface area contributed by atoms with Gasteiger partial charge in [-0.3, -0.25) is 14.8 Å². The van der Waals surface area contributed by atoms with Crippen LogP contribution in [0.2, 0.25) is 10.0 Å². The van der Waals surface area contributed by atoms with Crippen LogP contribution >= 0.6 is 23.2 Å². The van der Waals surface area contributed by atoms with Crippen molar-refractivity contribution in [1.29, 1.82) is 0 Å². The zero-order valence-corrected chi connectivity index (χ0v) is 28.6. The zero-order chi connectivity index (χ0) is 36.4. The van der Waals surface area contributed by atoms with Gasteiger partial charge in [0.15, 0.2) is 5.60 Å². The van der Waals surface area contributed by atoms with Crippen molar-refractivity contribution in [2.24, 2.45) is 0 Å². The fourth-order valence-electron chi connectivity index (χ4n) is 4.75. The molecule has 48 heavy (non-hydrogen) atoms. The lowest BCUT2D eigenvalue weighted by atomic mass is 9.73. The lowest BCUT2D eigenvalue weighted by Gasteiger charge is -2.38. The van der Waals surface area contributed by atoms with Gasteiger partial charge >= 0.3 is 12.4 Å². The topological polar surface area (TPSA) is 63.1 Å². The Kier molecular flexibility index (Phi) is 14.2. The average molecular weight is 716 g/mol. The number of ketones is 1. The summed E-state index contributed by atoms with van der Waals surface area (Å²) in [6, 6.07) is 23.6. The first-order valence-corrected chi connectivity index (χ1v) is 15.5. The van der Waals surface area contributed by atoms with E-state index in [1.54, 1.807) is 94.6 Å². The van der Waals surface area contributed by atoms with Crippen LogP contribution in [0.25, 0.3) is 0 Å². The Morgan fingerprint density at radius 1 is 0.688 bits per heavy atom. The minimum Gasteiger partial charge on any atom is -0.380 e. The molecule has 0 aliphatic heterocycles. The number of hydrogen-bond acceptors (Lipinski definition) is 4. The van der Waals surface area contributed by atoms with E-state index in [1.165, 1.54) is 12.3 Å². The summed E-state index contributed by atoms with van der Waals surface area (Å²) in [5.74, 6) is -1.71. The highest BCUT2D eigenvalue weighted by Gasteiger charge is 2.56. The van der Waals surface area contributed by atoms with Crippen LogP contribution in [0.15, 0.2) is 97.3 Å². The Morgan fingerprint density at radius 2 is 1.15 bits per heavy atom. The second kappa shape index (κ2) is 16.8. The minimum atomic E-state index is -4.77. The molecule has 1 N–H and O–H groups in total. The summed E-state index contributed by atoms with van der Waals surface area (Å²) in [5, 5.41) is 11.5. The summed E-state index contributed by atoms with van der Waals surface area (Å²) in [6.07, 6.45) is -7.99. The number of benzene rings is 2. The largest absolute Gasteiger partial charge is 0.450 e. The smallest absolute Gasteiger partial charge is 0.380 e. The molecule has 0 saturated carbocycles. The number of aryl methyl sites for hydroxylation is 1. The molecular weight excluding hydrogens is 677 g/mol. The van der Waals surface area contributed by atoms with Crippen LogP contribution in [-0.4, -0.2) is 38.8 Å². The Balaban J connectivity index is 0.000000288. The average Bonchev–Trinajstić information content (AvgIpc) is 2.98. The molecule has 0 aliphatic carbocycles. The van der Waals surface area contributed by atoms with Crippen LogP contribution in [0.1, 0.15) is 63.1 Å². The molecule has 260 valence electrons. The monoisotopic (exact) mass is 714 g/mol. The highest BCUT2D eigenvalue weighted by atomic mass is 35.5. The van der Waals surface area contributed by atoms with Crippen LogP contribution in [0, 0.1) is 6.92 Å². The van der Waals surface area contributed by atoms with Crippen LogP contribution < -0.4 is 0 Å². The normalized spacial score (nSPS) is 13.3. The second-order valence-corrected chi connectivity index (χ2v) is 13.4. The molecule has 1 unspecified atom stereocenters. The molecule has 4 rings (SSSR count). The Hall–Kier alpha value is -3.47. The molecule has 0 bridgehead atoms. The minimum absolute atomic E-state index is 0.198. The maximum Gasteiger partial charge on any atom is 0.450 e. The summed E-state index contributed by atoms with van der Waals surface area (Å²) in [6.45, 7) is 8.51. The van der Waals surface area contributed by atoms with E-state index in [0.29, 0.717) is 21.2 Å². The fraction of sp³-hybridized carbons (Fsp3) is 0.361. The number of rotatable bonds is 8. The molecule has 2 aromatic carbocycles. The van der Waals surface area contributed by atoms with Gasteiger partial charge in [0.25, 0.3) is 0 Å². The first-order chi connectivity index (χ1) is 22.1. The Labute approximate surface area is 287 Å². The van der Waals surface area contributed by atoms with E-state index in [4.69, 9.17) is 23.2 Å². The van der Waals surface area contributed by atoms with Crippen LogP contribution in [0.3, 0.4) is 0 Å². The summed E-state index contributed by atoms with van der Waals surface area (Å²) < 4.78 is 77.4. The number of Topliss-reactive ketones (excluding diaryl/α,β-unsaturated/α-hetero) is 1. The number of pyridine rings is 2. The van der Waals surface area contributed by atoms with Crippen molar-refractivity contribution in [3.63, 3.8) is 0 Å². The summed E-state index contributed by atoms with van der Waals surface area (Å²) in [4.78, 5) is 18.9. The second-order valence-electron chi connectivity index (χ2n) is 12.6. The third-order valence-corrected chi connectivity index (χ3v) is 7.95. The molecule has 0 spiro atoms. The van der Waals surface area contributed by atoms with Crippen molar-refractivity contribution in [2.75, 3.05) is 0 Å². The molecule has 0 amide bonds. The summed E-state index contributed by atoms with van der Waals surface area (Å²) >= 11 is 11.5. The van der Waals surface area contributed by atoms with E-state index in [1.807, 2.05) is 25.1 Å². The highest BCUT2D eigenvalue weighted by Crippen LogP contribution is 2.43. The van der Waals surface area contributed by atoms with Crippen molar-refractivity contribution in [3.05, 3.63) is 130 Å². The van der Waals surface area contributed by atoms with Crippen molar-refractivity contribution >= 4 is 29.0 Å². The van der Waals surface area contributed by atoms with E-state index >= 15 is 0 Å². The predicted octanol–water partition coefficient (Wildman–Crippen LogP) is 10.5. The van der Waals surface area contributed by atoms with Gasteiger partial charge in [0.1, 0.15) is 0 Å². The maximum absolute atomic E-state index is 13.6. The molecule has 2 aromatic heterocycles. The molecule has 2 heterocycles. The molecule has 4 nitrogen and oxygen atoms in total. The number of aromatic nitrogens is 2. The zero-order valence-electron chi connectivity index (χ0n) is 27.1. The standard InChI is InChI=1S/C18H19ClF3NO.C12H12ClF3O.C6H7N/c1-16(2,13-6-8-14(19)9-7-13)12-17(24,18(20,21)22)11-15-5-3-4-10-23-15;1-11(2,7-10(17)12(14,15)16)8-3-5-9(13)6-4-8;1-6-4-2-3-5-7-6/h3-10,24H,11-12H2,1-2H3;3-6H,7H2,1-2H3;2-5H,1H3. The Bertz CT molecular complexity index is 1560. The van der Waals surface area contributed by atoms with E-state index in [9.17, 15) is 36.2 Å². The van der Waals surface area contributed by atoms with Crippen molar-refractivity contribution < 1.29 is 36.2 Å². The number of carbonyl (C=O) groups excluding carboxylic acids is 1. The van der Waals surface area contributed by atoms with Gasteiger partial charge in [-0.05, 0) is 83.8 Å². The number of halogens is 8. The molecule has 0 aliphatic rings. The summed E-state index contributed by atoms with van der Waals surface area (Å²) in [7, 11) is 0. The Morgan fingerprint density at radius 3 is 1.50 bits per heavy atom. The fourth-order valence-corrected chi connectivity index (χ4v) is 5.00. The summed E-state index contributed by atoms with van der Waals surface area (Å²) in [5.41, 5.74) is -2.03. The molecule has 0 fully saturated rings.